The van der Waals surface area contributed by atoms with Gasteiger partial charge in [-0.15, -0.1) is 0 Å². The lowest BCUT2D eigenvalue weighted by atomic mass is 10.1. The minimum absolute atomic E-state index is 0.00898. The van der Waals surface area contributed by atoms with E-state index in [0.29, 0.717) is 36.3 Å². The third-order valence-electron chi connectivity index (χ3n) is 4.40. The zero-order valence-electron chi connectivity index (χ0n) is 14.3. The van der Waals surface area contributed by atoms with Crippen molar-refractivity contribution in [1.29, 1.82) is 0 Å². The van der Waals surface area contributed by atoms with Gasteiger partial charge in [-0.3, -0.25) is 9.59 Å². The number of aryl methyl sites for hydroxylation is 1. The Kier molecular flexibility index (Phi) is 5.27. The smallest absolute Gasteiger partial charge is 0.366 e. The number of anilines is 1. The molecule has 1 fully saturated rings. The van der Waals surface area contributed by atoms with Gasteiger partial charge in [0.05, 0.1) is 17.4 Å². The molecule has 1 aromatic heterocycles. The van der Waals surface area contributed by atoms with Gasteiger partial charge in [-0.2, -0.15) is 18.3 Å². The molecule has 1 aliphatic heterocycles. The summed E-state index contributed by atoms with van der Waals surface area (Å²) in [7, 11) is 1.54. The number of benzene rings is 1. The van der Waals surface area contributed by atoms with Crippen LogP contribution in [0.25, 0.3) is 0 Å². The first-order valence-electron chi connectivity index (χ1n) is 8.12. The molecule has 3 rings (SSSR count). The Morgan fingerprint density at radius 1 is 1.19 bits per heavy atom. The fourth-order valence-electron chi connectivity index (χ4n) is 2.88. The topological polar surface area (TPSA) is 58.4 Å². The average molecular weight is 445 g/mol. The monoisotopic (exact) mass is 444 g/mol. The summed E-state index contributed by atoms with van der Waals surface area (Å²) in [5, 5.41) is 3.99. The predicted molar refractivity (Wildman–Crippen MR) is 96.7 cm³/mol. The van der Waals surface area contributed by atoms with Gasteiger partial charge in [0.1, 0.15) is 4.47 Å². The Hall–Kier alpha value is -2.36. The summed E-state index contributed by atoms with van der Waals surface area (Å²) in [4.78, 5) is 27.9. The molecule has 0 unspecified atom stereocenters. The van der Waals surface area contributed by atoms with E-state index in [1.165, 1.54) is 21.7 Å². The molecule has 27 heavy (non-hydrogen) atoms. The van der Waals surface area contributed by atoms with Crippen LogP contribution in [0.4, 0.5) is 18.9 Å². The predicted octanol–water partition coefficient (Wildman–Crippen LogP) is 2.52. The summed E-state index contributed by atoms with van der Waals surface area (Å²) in [6.45, 7) is 1.55. The largest absolute Gasteiger partial charge is 0.416 e. The molecule has 144 valence electrons. The van der Waals surface area contributed by atoms with Gasteiger partial charge in [0.15, 0.2) is 0 Å². The zero-order valence-corrected chi connectivity index (χ0v) is 15.9. The molecule has 0 N–H and O–H groups in total. The van der Waals surface area contributed by atoms with E-state index in [1.807, 2.05) is 4.90 Å². The Morgan fingerprint density at radius 3 is 2.48 bits per heavy atom. The number of rotatable bonds is 2. The normalized spacial score (nSPS) is 15.1. The van der Waals surface area contributed by atoms with Crippen molar-refractivity contribution in [1.82, 2.24) is 14.7 Å². The molecule has 0 saturated carbocycles. The van der Waals surface area contributed by atoms with Gasteiger partial charge in [0.25, 0.3) is 11.5 Å². The van der Waals surface area contributed by atoms with Crippen molar-refractivity contribution in [3.05, 3.63) is 56.4 Å². The molecule has 1 aromatic carbocycles. The van der Waals surface area contributed by atoms with Gasteiger partial charge in [-0.05, 0) is 34.1 Å². The number of nitrogens with zero attached hydrogens (tertiary/aromatic N) is 4. The maximum absolute atomic E-state index is 12.8. The SMILES string of the molecule is Cn1ncc(N2CCN(C(=O)c3cccc(C(F)(F)F)c3)CC2)c(Br)c1=O. The Balaban J connectivity index is 1.72. The van der Waals surface area contributed by atoms with E-state index in [2.05, 4.69) is 21.0 Å². The van der Waals surface area contributed by atoms with Crippen molar-refractivity contribution < 1.29 is 18.0 Å². The summed E-state index contributed by atoms with van der Waals surface area (Å²) in [5.41, 5.74) is -0.476. The molecular formula is C17H16BrF3N4O2. The van der Waals surface area contributed by atoms with Gasteiger partial charge in [-0.1, -0.05) is 6.07 Å². The van der Waals surface area contributed by atoms with Crippen LogP contribution in [0.3, 0.4) is 0 Å². The van der Waals surface area contributed by atoms with E-state index in [1.54, 1.807) is 13.2 Å². The van der Waals surface area contributed by atoms with Crippen molar-refractivity contribution in [3.63, 3.8) is 0 Å². The highest BCUT2D eigenvalue weighted by molar-refractivity contribution is 9.10. The summed E-state index contributed by atoms with van der Waals surface area (Å²) < 4.78 is 40.1. The van der Waals surface area contributed by atoms with Gasteiger partial charge < -0.3 is 9.80 Å². The lowest BCUT2D eigenvalue weighted by Crippen LogP contribution is -2.49. The molecule has 1 saturated heterocycles. The number of halogens is 4. The van der Waals surface area contributed by atoms with E-state index < -0.39 is 17.6 Å². The number of amides is 1. The number of hydrogen-bond donors (Lipinski definition) is 0. The minimum atomic E-state index is -4.49. The maximum Gasteiger partial charge on any atom is 0.416 e. The average Bonchev–Trinajstić information content (AvgIpc) is 2.65. The van der Waals surface area contributed by atoms with E-state index >= 15 is 0 Å². The maximum atomic E-state index is 12.8. The molecule has 10 heteroatoms. The van der Waals surface area contributed by atoms with Gasteiger partial charge in [0.2, 0.25) is 0 Å². The molecule has 2 heterocycles. The number of piperazine rings is 1. The van der Waals surface area contributed by atoms with E-state index in [9.17, 15) is 22.8 Å². The van der Waals surface area contributed by atoms with Crippen LogP contribution in [-0.2, 0) is 13.2 Å². The first-order chi connectivity index (χ1) is 12.7. The van der Waals surface area contributed by atoms with Gasteiger partial charge in [0, 0.05) is 38.8 Å². The van der Waals surface area contributed by atoms with Crippen LogP contribution < -0.4 is 10.5 Å². The highest BCUT2D eigenvalue weighted by Gasteiger charge is 2.32. The Labute approximate surface area is 161 Å². The van der Waals surface area contributed by atoms with Crippen LogP contribution in [-0.4, -0.2) is 46.8 Å². The quantitative estimate of drug-likeness (QED) is 0.713. The number of carbonyl (C=O) groups is 1. The van der Waals surface area contributed by atoms with Crippen LogP contribution in [0.2, 0.25) is 0 Å². The van der Waals surface area contributed by atoms with Crippen LogP contribution in [0.5, 0.6) is 0 Å². The molecule has 6 nitrogen and oxygen atoms in total. The molecule has 0 radical (unpaired) electrons. The fourth-order valence-corrected chi connectivity index (χ4v) is 3.49. The lowest BCUT2D eigenvalue weighted by molar-refractivity contribution is -0.137. The summed E-state index contributed by atoms with van der Waals surface area (Å²) in [5.74, 6) is -0.443. The summed E-state index contributed by atoms with van der Waals surface area (Å²) in [6, 6.07) is 4.42. The van der Waals surface area contributed by atoms with Crippen molar-refractivity contribution in [2.24, 2.45) is 7.05 Å². The Bertz CT molecular complexity index is 921. The van der Waals surface area contributed by atoms with Crippen molar-refractivity contribution in [3.8, 4) is 0 Å². The molecule has 0 aliphatic carbocycles. The highest BCUT2D eigenvalue weighted by Crippen LogP contribution is 2.30. The second-order valence-corrected chi connectivity index (χ2v) is 6.92. The van der Waals surface area contributed by atoms with Crippen molar-refractivity contribution in [2.45, 2.75) is 6.18 Å². The number of hydrogen-bond acceptors (Lipinski definition) is 4. The van der Waals surface area contributed by atoms with Crippen LogP contribution >= 0.6 is 15.9 Å². The molecule has 0 spiro atoms. The first kappa shape index (κ1) is 19.4. The third-order valence-corrected chi connectivity index (χ3v) is 5.15. The second-order valence-electron chi connectivity index (χ2n) is 6.13. The third kappa shape index (κ3) is 4.00. The fraction of sp³-hybridized carbons (Fsp3) is 0.353. The molecular weight excluding hydrogens is 429 g/mol. The summed E-state index contributed by atoms with van der Waals surface area (Å²) >= 11 is 3.27. The molecule has 1 amide bonds. The van der Waals surface area contributed by atoms with Gasteiger partial charge in [-0.25, -0.2) is 4.68 Å². The zero-order chi connectivity index (χ0) is 19.8. The lowest BCUT2D eigenvalue weighted by Gasteiger charge is -2.36. The molecule has 0 atom stereocenters. The standard InChI is InChI=1S/C17H16BrF3N4O2/c1-23-16(27)14(18)13(10-22-23)24-5-7-25(8-6-24)15(26)11-3-2-4-12(9-11)17(19,20)21/h2-4,9-10H,5-8H2,1H3. The first-order valence-corrected chi connectivity index (χ1v) is 8.91. The van der Waals surface area contributed by atoms with E-state index in [0.717, 1.165) is 12.1 Å². The molecule has 1 aliphatic rings. The van der Waals surface area contributed by atoms with Crippen LogP contribution in [0, 0.1) is 0 Å². The van der Waals surface area contributed by atoms with E-state index in [-0.39, 0.29) is 11.1 Å². The number of aromatic nitrogens is 2. The van der Waals surface area contributed by atoms with Crippen LogP contribution in [0.15, 0.2) is 39.7 Å². The Morgan fingerprint density at radius 2 is 1.85 bits per heavy atom. The minimum Gasteiger partial charge on any atom is -0.366 e. The van der Waals surface area contributed by atoms with Gasteiger partial charge >= 0.3 is 6.18 Å². The van der Waals surface area contributed by atoms with E-state index in [4.69, 9.17) is 0 Å². The number of alkyl halides is 3. The van der Waals surface area contributed by atoms with Crippen molar-refractivity contribution in [2.75, 3.05) is 31.1 Å². The van der Waals surface area contributed by atoms with Crippen LogP contribution in [0.1, 0.15) is 15.9 Å². The van der Waals surface area contributed by atoms with Crippen molar-refractivity contribution >= 4 is 27.5 Å². The number of carbonyl (C=O) groups excluding carboxylic acids is 1. The molecule has 0 bridgehead atoms. The second kappa shape index (κ2) is 7.34. The highest BCUT2D eigenvalue weighted by atomic mass is 79.9. The summed E-state index contributed by atoms with van der Waals surface area (Å²) in [6.07, 6.45) is -2.93. The molecule has 2 aromatic rings.